The van der Waals surface area contributed by atoms with Crippen LogP contribution in [0.2, 0.25) is 0 Å². The molecule has 4 rings (SSSR count). The number of hydrogen-bond acceptors (Lipinski definition) is 4. The van der Waals surface area contributed by atoms with Crippen LogP contribution in [0, 0.1) is 0 Å². The van der Waals surface area contributed by atoms with E-state index in [4.69, 9.17) is 5.10 Å². The number of carbonyl (C=O) groups excluding carboxylic acids is 2. The molecule has 0 saturated carbocycles. The fraction of sp³-hybridized carbons (Fsp3) is 0.286. The molecule has 0 aliphatic heterocycles. The largest absolute Gasteiger partial charge is 0.351 e. The molecule has 0 atom stereocenters. The fourth-order valence-electron chi connectivity index (χ4n) is 3.42. The van der Waals surface area contributed by atoms with Crippen molar-refractivity contribution in [2.24, 2.45) is 0 Å². The van der Waals surface area contributed by atoms with Crippen molar-refractivity contribution in [1.82, 2.24) is 15.1 Å². The summed E-state index contributed by atoms with van der Waals surface area (Å²) in [5.74, 6) is 0.638. The van der Waals surface area contributed by atoms with Gasteiger partial charge in [-0.05, 0) is 49.3 Å². The lowest BCUT2D eigenvalue weighted by atomic mass is 10.2. The van der Waals surface area contributed by atoms with Crippen LogP contribution in [0.1, 0.15) is 40.2 Å². The van der Waals surface area contributed by atoms with Crippen molar-refractivity contribution in [3.05, 3.63) is 64.0 Å². The van der Waals surface area contributed by atoms with Crippen molar-refractivity contribution < 1.29 is 9.59 Å². The number of thiophene rings is 1. The zero-order valence-corrected chi connectivity index (χ0v) is 16.3. The molecule has 0 radical (unpaired) electrons. The predicted molar refractivity (Wildman–Crippen MR) is 110 cm³/mol. The first kappa shape index (κ1) is 18.4. The van der Waals surface area contributed by atoms with Crippen LogP contribution in [0.25, 0.3) is 5.69 Å². The molecule has 0 bridgehead atoms. The maximum absolute atomic E-state index is 12.5. The number of amides is 2. The van der Waals surface area contributed by atoms with E-state index in [1.807, 2.05) is 46.5 Å². The van der Waals surface area contributed by atoms with Crippen molar-refractivity contribution in [1.29, 1.82) is 0 Å². The molecule has 28 heavy (non-hydrogen) atoms. The Balaban J connectivity index is 1.36. The lowest BCUT2D eigenvalue weighted by molar-refractivity contribution is -0.116. The number of nitrogens with one attached hydrogen (secondary N) is 2. The zero-order chi connectivity index (χ0) is 19.3. The van der Waals surface area contributed by atoms with Gasteiger partial charge in [0.05, 0.1) is 16.3 Å². The zero-order valence-electron chi connectivity index (χ0n) is 15.5. The van der Waals surface area contributed by atoms with E-state index in [9.17, 15) is 9.59 Å². The Labute approximate surface area is 167 Å². The Hall–Kier alpha value is -2.93. The quantitative estimate of drug-likeness (QED) is 0.602. The minimum Gasteiger partial charge on any atom is -0.351 e. The van der Waals surface area contributed by atoms with Crippen LogP contribution in [-0.4, -0.2) is 28.1 Å². The first-order valence-electron chi connectivity index (χ1n) is 9.50. The number of para-hydroxylation sites is 1. The molecule has 0 unspecified atom stereocenters. The molecule has 1 aromatic carbocycles. The fourth-order valence-corrected chi connectivity index (χ4v) is 4.06. The van der Waals surface area contributed by atoms with Crippen molar-refractivity contribution in [3.8, 4) is 5.69 Å². The summed E-state index contributed by atoms with van der Waals surface area (Å²) in [6.45, 7) is 0.472. The summed E-state index contributed by atoms with van der Waals surface area (Å²) in [5, 5.41) is 12.5. The minimum atomic E-state index is -0.0876. The summed E-state index contributed by atoms with van der Waals surface area (Å²) in [6, 6.07) is 13.5. The minimum absolute atomic E-state index is 0.0582. The average Bonchev–Trinajstić information content (AvgIpc) is 3.45. The molecule has 2 N–H and O–H groups in total. The van der Waals surface area contributed by atoms with Crippen LogP contribution in [0.5, 0.6) is 0 Å². The normalized spacial score (nSPS) is 12.6. The average molecular weight is 395 g/mol. The predicted octanol–water partition coefficient (Wildman–Crippen LogP) is 3.57. The Morgan fingerprint density at radius 1 is 1.11 bits per heavy atom. The van der Waals surface area contributed by atoms with E-state index in [1.54, 1.807) is 6.07 Å². The van der Waals surface area contributed by atoms with Crippen LogP contribution in [-0.2, 0) is 17.6 Å². The highest BCUT2D eigenvalue weighted by molar-refractivity contribution is 7.12. The SMILES string of the molecule is O=C(CCCNC(=O)c1cccs1)Nc1c2c(nn1-c1ccccc1)CCC2. The molecule has 1 aliphatic rings. The monoisotopic (exact) mass is 394 g/mol. The number of aromatic nitrogens is 2. The molecule has 144 valence electrons. The van der Waals surface area contributed by atoms with Gasteiger partial charge in [0.15, 0.2) is 0 Å². The van der Waals surface area contributed by atoms with Gasteiger partial charge in [0.25, 0.3) is 5.91 Å². The van der Waals surface area contributed by atoms with Gasteiger partial charge in [-0.3, -0.25) is 9.59 Å². The topological polar surface area (TPSA) is 76.0 Å². The Morgan fingerprint density at radius 3 is 2.75 bits per heavy atom. The highest BCUT2D eigenvalue weighted by atomic mass is 32.1. The third-order valence-corrected chi connectivity index (χ3v) is 5.65. The second-order valence-corrected chi connectivity index (χ2v) is 7.71. The van der Waals surface area contributed by atoms with Gasteiger partial charge >= 0.3 is 0 Å². The number of carbonyl (C=O) groups is 2. The van der Waals surface area contributed by atoms with E-state index in [2.05, 4.69) is 10.6 Å². The summed E-state index contributed by atoms with van der Waals surface area (Å²) in [5.41, 5.74) is 3.15. The lowest BCUT2D eigenvalue weighted by Gasteiger charge is -2.11. The van der Waals surface area contributed by atoms with Crippen molar-refractivity contribution in [2.75, 3.05) is 11.9 Å². The second-order valence-electron chi connectivity index (χ2n) is 6.76. The number of fused-ring (bicyclic) bond motifs is 1. The van der Waals surface area contributed by atoms with E-state index in [-0.39, 0.29) is 11.8 Å². The van der Waals surface area contributed by atoms with Crippen LogP contribution < -0.4 is 10.6 Å². The smallest absolute Gasteiger partial charge is 0.261 e. The number of nitrogens with zero attached hydrogens (tertiary/aromatic N) is 2. The van der Waals surface area contributed by atoms with Gasteiger partial charge in [0.1, 0.15) is 5.82 Å². The van der Waals surface area contributed by atoms with E-state index in [1.165, 1.54) is 11.3 Å². The van der Waals surface area contributed by atoms with E-state index in [0.717, 1.165) is 42.0 Å². The van der Waals surface area contributed by atoms with E-state index < -0.39 is 0 Å². The summed E-state index contributed by atoms with van der Waals surface area (Å²) >= 11 is 1.41. The number of hydrogen-bond donors (Lipinski definition) is 2. The summed E-state index contributed by atoms with van der Waals surface area (Å²) in [7, 11) is 0. The first-order chi connectivity index (χ1) is 13.7. The molecule has 6 nitrogen and oxygen atoms in total. The van der Waals surface area contributed by atoms with Crippen LogP contribution >= 0.6 is 11.3 Å². The van der Waals surface area contributed by atoms with Gasteiger partial charge in [-0.2, -0.15) is 5.10 Å². The Bertz CT molecular complexity index is 964. The van der Waals surface area contributed by atoms with Gasteiger partial charge in [-0.15, -0.1) is 11.3 Å². The molecule has 7 heteroatoms. The van der Waals surface area contributed by atoms with Gasteiger partial charge in [0, 0.05) is 18.5 Å². The molecular formula is C21H22N4O2S. The molecule has 0 spiro atoms. The van der Waals surface area contributed by atoms with Crippen molar-refractivity contribution >= 4 is 29.0 Å². The third-order valence-electron chi connectivity index (χ3n) is 4.78. The molecule has 1 aliphatic carbocycles. The van der Waals surface area contributed by atoms with Crippen LogP contribution in [0.4, 0.5) is 5.82 Å². The van der Waals surface area contributed by atoms with Crippen LogP contribution in [0.15, 0.2) is 47.8 Å². The molecule has 2 aromatic heterocycles. The standard InChI is InChI=1S/C21H22N4O2S/c26-19(12-5-13-22-21(27)18-11-6-14-28-18)23-20-16-9-4-10-17(16)24-25(20)15-7-2-1-3-8-15/h1-3,6-8,11,14H,4-5,9-10,12-13H2,(H,22,27)(H,23,26). The van der Waals surface area contributed by atoms with Gasteiger partial charge in [-0.1, -0.05) is 24.3 Å². The number of benzene rings is 1. The van der Waals surface area contributed by atoms with Crippen molar-refractivity contribution in [3.63, 3.8) is 0 Å². The molecule has 2 amide bonds. The summed E-state index contributed by atoms with van der Waals surface area (Å²) in [4.78, 5) is 25.1. The lowest BCUT2D eigenvalue weighted by Crippen LogP contribution is -2.25. The molecule has 3 aromatic rings. The first-order valence-corrected chi connectivity index (χ1v) is 10.4. The summed E-state index contributed by atoms with van der Waals surface area (Å²) in [6.07, 6.45) is 3.90. The molecule has 2 heterocycles. The number of aryl methyl sites for hydroxylation is 1. The van der Waals surface area contributed by atoms with Gasteiger partial charge < -0.3 is 10.6 Å². The summed E-state index contributed by atoms with van der Waals surface area (Å²) < 4.78 is 1.83. The third kappa shape index (κ3) is 3.99. The molecule has 0 saturated heterocycles. The maximum atomic E-state index is 12.5. The Kier molecular flexibility index (Phi) is 5.53. The second kappa shape index (κ2) is 8.39. The van der Waals surface area contributed by atoms with E-state index in [0.29, 0.717) is 24.3 Å². The maximum Gasteiger partial charge on any atom is 0.261 e. The molecular weight excluding hydrogens is 372 g/mol. The Morgan fingerprint density at radius 2 is 1.96 bits per heavy atom. The number of rotatable bonds is 7. The van der Waals surface area contributed by atoms with Gasteiger partial charge in [0.2, 0.25) is 5.91 Å². The van der Waals surface area contributed by atoms with Gasteiger partial charge in [-0.25, -0.2) is 4.68 Å². The highest BCUT2D eigenvalue weighted by Gasteiger charge is 2.24. The molecule has 0 fully saturated rings. The highest BCUT2D eigenvalue weighted by Crippen LogP contribution is 2.31. The van der Waals surface area contributed by atoms with E-state index >= 15 is 0 Å². The van der Waals surface area contributed by atoms with Crippen molar-refractivity contribution in [2.45, 2.75) is 32.1 Å². The van der Waals surface area contributed by atoms with Crippen LogP contribution in [0.3, 0.4) is 0 Å². The number of anilines is 1.